The molecular formula is C9H12N4O2. The lowest BCUT2D eigenvalue weighted by atomic mass is 10.3. The molecule has 1 saturated heterocycles. The van der Waals surface area contributed by atoms with Crippen molar-refractivity contribution in [2.24, 2.45) is 0 Å². The number of aromatic amines is 1. The molecule has 80 valence electrons. The summed E-state index contributed by atoms with van der Waals surface area (Å²) in [6.45, 7) is 1.14. The predicted octanol–water partition coefficient (Wildman–Crippen LogP) is -0.831. The molecule has 0 radical (unpaired) electrons. The van der Waals surface area contributed by atoms with Crippen LogP contribution in [0.15, 0.2) is 12.3 Å². The number of hydrogen-bond acceptors (Lipinski definition) is 3. The van der Waals surface area contributed by atoms with Gasteiger partial charge < -0.3 is 20.9 Å². The number of rotatable bonds is 1. The lowest BCUT2D eigenvalue weighted by Gasteiger charge is -2.26. The highest BCUT2D eigenvalue weighted by molar-refractivity contribution is 5.96. The minimum absolute atomic E-state index is 0.109. The summed E-state index contributed by atoms with van der Waals surface area (Å²) in [5.74, 6) is -0.323. The molecule has 2 rings (SSSR count). The fraction of sp³-hybridized carbons (Fsp3) is 0.333. The predicted molar refractivity (Wildman–Crippen MR) is 54.1 cm³/mol. The zero-order valence-electron chi connectivity index (χ0n) is 8.12. The van der Waals surface area contributed by atoms with Crippen LogP contribution in [0.25, 0.3) is 0 Å². The number of aromatic nitrogens is 1. The molecule has 15 heavy (non-hydrogen) atoms. The van der Waals surface area contributed by atoms with Gasteiger partial charge in [0.2, 0.25) is 5.91 Å². The largest absolute Gasteiger partial charge is 0.397 e. The lowest BCUT2D eigenvalue weighted by Crippen LogP contribution is -2.50. The molecule has 0 spiro atoms. The summed E-state index contributed by atoms with van der Waals surface area (Å²) >= 11 is 0. The molecule has 0 atom stereocenters. The van der Waals surface area contributed by atoms with E-state index < -0.39 is 0 Å². The Bertz CT molecular complexity index is 399. The maximum atomic E-state index is 11.8. The number of nitrogens with zero attached hydrogens (tertiary/aromatic N) is 1. The molecule has 0 unspecified atom stereocenters. The fourth-order valence-electron chi connectivity index (χ4n) is 1.52. The van der Waals surface area contributed by atoms with Crippen LogP contribution in [-0.2, 0) is 4.79 Å². The third-order valence-corrected chi connectivity index (χ3v) is 2.26. The Hall–Kier alpha value is -1.98. The number of anilines is 1. The molecule has 1 aliphatic rings. The molecule has 1 fully saturated rings. The van der Waals surface area contributed by atoms with Crippen molar-refractivity contribution in [1.82, 2.24) is 15.2 Å². The van der Waals surface area contributed by atoms with Crippen molar-refractivity contribution in [3.63, 3.8) is 0 Å². The molecule has 1 aliphatic heterocycles. The van der Waals surface area contributed by atoms with Crippen LogP contribution in [0.1, 0.15) is 10.5 Å². The van der Waals surface area contributed by atoms with Gasteiger partial charge in [-0.25, -0.2) is 0 Å². The van der Waals surface area contributed by atoms with E-state index in [1.54, 1.807) is 12.3 Å². The third-order valence-electron chi connectivity index (χ3n) is 2.26. The molecule has 1 aromatic rings. The summed E-state index contributed by atoms with van der Waals surface area (Å²) in [6, 6.07) is 1.56. The number of hydrogen-bond donors (Lipinski definition) is 3. The Morgan fingerprint density at radius 3 is 2.93 bits per heavy atom. The minimum atomic E-state index is -0.193. The van der Waals surface area contributed by atoms with Crippen molar-refractivity contribution in [3.8, 4) is 0 Å². The summed E-state index contributed by atoms with van der Waals surface area (Å²) in [6.07, 6.45) is 1.55. The van der Waals surface area contributed by atoms with E-state index in [1.807, 2.05) is 0 Å². The van der Waals surface area contributed by atoms with Gasteiger partial charge in [0.25, 0.3) is 5.91 Å². The normalized spacial score (nSPS) is 16.3. The van der Waals surface area contributed by atoms with E-state index in [1.165, 1.54) is 4.90 Å². The van der Waals surface area contributed by atoms with Crippen LogP contribution in [-0.4, -0.2) is 41.3 Å². The topological polar surface area (TPSA) is 91.2 Å². The Balaban J connectivity index is 2.10. The number of amides is 2. The van der Waals surface area contributed by atoms with E-state index in [0.29, 0.717) is 24.5 Å². The quantitative estimate of drug-likeness (QED) is 0.562. The zero-order chi connectivity index (χ0) is 10.8. The molecule has 0 aromatic carbocycles. The van der Waals surface area contributed by atoms with Crippen LogP contribution in [0, 0.1) is 0 Å². The SMILES string of the molecule is Nc1c[nH]c(C(=O)N2CCNC(=O)C2)c1. The first-order valence-electron chi connectivity index (χ1n) is 4.66. The van der Waals surface area contributed by atoms with Crippen molar-refractivity contribution in [3.05, 3.63) is 18.0 Å². The number of carbonyl (C=O) groups is 2. The molecule has 2 amide bonds. The van der Waals surface area contributed by atoms with Crippen molar-refractivity contribution in [2.45, 2.75) is 0 Å². The number of H-pyrrole nitrogens is 1. The molecular weight excluding hydrogens is 196 g/mol. The van der Waals surface area contributed by atoms with Crippen LogP contribution in [0.2, 0.25) is 0 Å². The molecule has 0 saturated carbocycles. The van der Waals surface area contributed by atoms with Gasteiger partial charge in [-0.3, -0.25) is 9.59 Å². The van der Waals surface area contributed by atoms with Gasteiger partial charge in [-0.05, 0) is 6.07 Å². The average Bonchev–Trinajstić information content (AvgIpc) is 2.64. The van der Waals surface area contributed by atoms with Crippen molar-refractivity contribution in [1.29, 1.82) is 0 Å². The molecule has 0 aliphatic carbocycles. The van der Waals surface area contributed by atoms with Crippen LogP contribution >= 0.6 is 0 Å². The average molecular weight is 208 g/mol. The Morgan fingerprint density at radius 2 is 2.33 bits per heavy atom. The number of nitrogens with two attached hydrogens (primary N) is 1. The number of nitrogens with one attached hydrogen (secondary N) is 2. The molecule has 0 bridgehead atoms. The van der Waals surface area contributed by atoms with E-state index in [2.05, 4.69) is 10.3 Å². The van der Waals surface area contributed by atoms with Crippen LogP contribution < -0.4 is 11.1 Å². The van der Waals surface area contributed by atoms with E-state index in [9.17, 15) is 9.59 Å². The summed E-state index contributed by atoms with van der Waals surface area (Å²) in [5.41, 5.74) is 6.42. The van der Waals surface area contributed by atoms with E-state index in [0.717, 1.165) is 0 Å². The standard InChI is InChI=1S/C9H12N4O2/c10-6-3-7(12-4-6)9(15)13-2-1-11-8(14)5-13/h3-4,12H,1-2,5,10H2,(H,11,14). The highest BCUT2D eigenvalue weighted by Crippen LogP contribution is 2.08. The highest BCUT2D eigenvalue weighted by atomic mass is 16.2. The zero-order valence-corrected chi connectivity index (χ0v) is 8.12. The van der Waals surface area contributed by atoms with Crippen LogP contribution in [0.3, 0.4) is 0 Å². The second-order valence-electron chi connectivity index (χ2n) is 3.42. The Labute approximate surface area is 86.4 Å². The Kier molecular flexibility index (Phi) is 2.32. The van der Waals surface area contributed by atoms with Gasteiger partial charge in [0, 0.05) is 25.0 Å². The lowest BCUT2D eigenvalue weighted by molar-refractivity contribution is -0.123. The van der Waals surface area contributed by atoms with Gasteiger partial charge in [-0.1, -0.05) is 0 Å². The number of piperazine rings is 1. The molecule has 2 heterocycles. The summed E-state index contributed by atoms with van der Waals surface area (Å²) in [7, 11) is 0. The molecule has 6 heteroatoms. The summed E-state index contributed by atoms with van der Waals surface area (Å²) in [4.78, 5) is 27.2. The highest BCUT2D eigenvalue weighted by Gasteiger charge is 2.22. The van der Waals surface area contributed by atoms with E-state index in [4.69, 9.17) is 5.73 Å². The third kappa shape index (κ3) is 1.93. The molecule has 4 N–H and O–H groups in total. The van der Waals surface area contributed by atoms with Gasteiger partial charge in [0.05, 0.1) is 6.54 Å². The summed E-state index contributed by atoms with van der Waals surface area (Å²) < 4.78 is 0. The monoisotopic (exact) mass is 208 g/mol. The minimum Gasteiger partial charge on any atom is -0.397 e. The van der Waals surface area contributed by atoms with Gasteiger partial charge in [0.15, 0.2) is 0 Å². The Morgan fingerprint density at radius 1 is 1.53 bits per heavy atom. The van der Waals surface area contributed by atoms with Crippen molar-refractivity contribution >= 4 is 17.5 Å². The smallest absolute Gasteiger partial charge is 0.270 e. The maximum Gasteiger partial charge on any atom is 0.270 e. The first-order chi connectivity index (χ1) is 7.16. The maximum absolute atomic E-state index is 11.8. The second-order valence-corrected chi connectivity index (χ2v) is 3.42. The molecule has 6 nitrogen and oxygen atoms in total. The van der Waals surface area contributed by atoms with Crippen LogP contribution in [0.5, 0.6) is 0 Å². The fourth-order valence-corrected chi connectivity index (χ4v) is 1.52. The van der Waals surface area contributed by atoms with Crippen molar-refractivity contribution < 1.29 is 9.59 Å². The summed E-state index contributed by atoms with van der Waals surface area (Å²) in [5, 5.41) is 2.66. The number of carbonyl (C=O) groups excluding carboxylic acids is 2. The second kappa shape index (κ2) is 3.64. The van der Waals surface area contributed by atoms with Gasteiger partial charge in [-0.15, -0.1) is 0 Å². The van der Waals surface area contributed by atoms with E-state index >= 15 is 0 Å². The van der Waals surface area contributed by atoms with Gasteiger partial charge in [0.1, 0.15) is 5.69 Å². The molecule has 1 aromatic heterocycles. The number of nitrogen functional groups attached to an aromatic ring is 1. The first kappa shape index (κ1) is 9.57. The van der Waals surface area contributed by atoms with Crippen molar-refractivity contribution in [2.75, 3.05) is 25.4 Å². The first-order valence-corrected chi connectivity index (χ1v) is 4.66. The van der Waals surface area contributed by atoms with E-state index in [-0.39, 0.29) is 18.4 Å². The van der Waals surface area contributed by atoms with Crippen LogP contribution in [0.4, 0.5) is 5.69 Å². The van der Waals surface area contributed by atoms with Gasteiger partial charge in [-0.2, -0.15) is 0 Å². The van der Waals surface area contributed by atoms with Gasteiger partial charge >= 0.3 is 0 Å².